The summed E-state index contributed by atoms with van der Waals surface area (Å²) in [6, 6.07) is 12.5. The second-order valence-corrected chi connectivity index (χ2v) is 6.18. The van der Waals surface area contributed by atoms with Crippen LogP contribution in [0, 0.1) is 11.6 Å². The van der Waals surface area contributed by atoms with E-state index < -0.39 is 5.82 Å². The van der Waals surface area contributed by atoms with E-state index in [1.54, 1.807) is 18.2 Å². The Morgan fingerprint density at radius 1 is 1.04 bits per heavy atom. The highest BCUT2D eigenvalue weighted by Gasteiger charge is 2.29. The van der Waals surface area contributed by atoms with E-state index in [2.05, 4.69) is 9.88 Å². The number of H-pyrrole nitrogens is 1. The van der Waals surface area contributed by atoms with Crippen LogP contribution in [0.4, 0.5) is 8.78 Å². The number of pyridine rings is 1. The molecule has 0 unspecified atom stereocenters. The first kappa shape index (κ1) is 15.0. The van der Waals surface area contributed by atoms with Crippen LogP contribution < -0.4 is 5.43 Å². The number of hydrogen-bond acceptors (Lipinski definition) is 2. The molecule has 0 saturated carbocycles. The summed E-state index contributed by atoms with van der Waals surface area (Å²) in [7, 11) is 0. The van der Waals surface area contributed by atoms with E-state index in [4.69, 9.17) is 0 Å². The predicted octanol–water partition coefficient (Wildman–Crippen LogP) is 3.75. The minimum atomic E-state index is -0.417. The van der Waals surface area contributed by atoms with Gasteiger partial charge in [0.2, 0.25) is 0 Å². The maximum Gasteiger partial charge on any atom is 0.189 e. The van der Waals surface area contributed by atoms with E-state index in [1.807, 2.05) is 0 Å². The number of fused-ring (bicyclic) bond motifs is 1. The van der Waals surface area contributed by atoms with Gasteiger partial charge in [-0.15, -0.1) is 0 Å². The minimum Gasteiger partial charge on any atom is -0.357 e. The summed E-state index contributed by atoms with van der Waals surface area (Å²) in [5.41, 5.74) is 2.33. The molecule has 0 spiro atoms. The quantitative estimate of drug-likeness (QED) is 0.796. The van der Waals surface area contributed by atoms with Gasteiger partial charge in [0.25, 0.3) is 0 Å². The van der Waals surface area contributed by atoms with Crippen molar-refractivity contribution in [3.63, 3.8) is 0 Å². The van der Waals surface area contributed by atoms with Gasteiger partial charge in [-0.25, -0.2) is 8.78 Å². The average Bonchev–Trinajstić information content (AvgIpc) is 2.54. The van der Waals surface area contributed by atoms with E-state index >= 15 is 0 Å². The van der Waals surface area contributed by atoms with Gasteiger partial charge in [0.05, 0.1) is 0 Å². The van der Waals surface area contributed by atoms with Crippen LogP contribution in [0.3, 0.4) is 0 Å². The zero-order chi connectivity index (χ0) is 16.7. The maximum atomic E-state index is 13.3. The molecule has 1 saturated heterocycles. The smallest absolute Gasteiger partial charge is 0.189 e. The third-order valence-corrected chi connectivity index (χ3v) is 4.61. The van der Waals surface area contributed by atoms with Gasteiger partial charge >= 0.3 is 0 Å². The summed E-state index contributed by atoms with van der Waals surface area (Å²) in [5.74, 6) is -0.657. The number of hydrogen-bond donors (Lipinski definition) is 1. The molecule has 5 heteroatoms. The molecule has 1 aliphatic heterocycles. The van der Waals surface area contributed by atoms with Crippen LogP contribution in [0.25, 0.3) is 10.9 Å². The lowest BCUT2D eigenvalue weighted by molar-refractivity contribution is 0.0804. The van der Waals surface area contributed by atoms with Crippen LogP contribution in [0.15, 0.2) is 53.3 Å². The number of nitrogens with zero attached hydrogens (tertiary/aromatic N) is 1. The van der Waals surface area contributed by atoms with E-state index in [-0.39, 0.29) is 17.3 Å². The van der Waals surface area contributed by atoms with Crippen molar-refractivity contribution in [1.82, 2.24) is 9.88 Å². The molecule has 0 aliphatic carbocycles. The molecule has 3 nitrogen and oxygen atoms in total. The fourth-order valence-electron chi connectivity index (χ4n) is 3.27. The molecule has 122 valence electrons. The Morgan fingerprint density at radius 2 is 1.79 bits per heavy atom. The fraction of sp³-hybridized carbons (Fsp3) is 0.211. The zero-order valence-corrected chi connectivity index (χ0v) is 12.9. The molecule has 0 bridgehead atoms. The van der Waals surface area contributed by atoms with Crippen molar-refractivity contribution in [1.29, 1.82) is 0 Å². The first-order valence-corrected chi connectivity index (χ1v) is 7.91. The van der Waals surface area contributed by atoms with Gasteiger partial charge in [-0.3, -0.25) is 9.69 Å². The lowest BCUT2D eigenvalue weighted by atomic mass is 9.94. The van der Waals surface area contributed by atoms with Gasteiger partial charge in [0.1, 0.15) is 11.6 Å². The van der Waals surface area contributed by atoms with Gasteiger partial charge < -0.3 is 4.98 Å². The van der Waals surface area contributed by atoms with E-state index in [0.29, 0.717) is 17.4 Å². The van der Waals surface area contributed by atoms with Crippen molar-refractivity contribution < 1.29 is 8.78 Å². The van der Waals surface area contributed by atoms with Crippen LogP contribution in [0.5, 0.6) is 0 Å². The van der Waals surface area contributed by atoms with E-state index in [1.165, 1.54) is 30.3 Å². The molecule has 1 N–H and O–H groups in total. The SMILES string of the molecule is O=c1cc(CN2CC[C@@H]2c2ccc(F)cc2)[nH]c2ccc(F)cc12. The molecule has 2 heterocycles. The van der Waals surface area contributed by atoms with Crippen molar-refractivity contribution in [3.05, 3.63) is 81.6 Å². The molecule has 1 atom stereocenters. The fourth-order valence-corrected chi connectivity index (χ4v) is 3.27. The molecule has 3 aromatic rings. The molecular formula is C19H16F2N2O. The van der Waals surface area contributed by atoms with E-state index in [9.17, 15) is 13.6 Å². The molecule has 24 heavy (non-hydrogen) atoms. The molecule has 1 aliphatic rings. The van der Waals surface area contributed by atoms with Crippen molar-refractivity contribution >= 4 is 10.9 Å². The Balaban J connectivity index is 1.59. The minimum absolute atomic E-state index is 0.183. The van der Waals surface area contributed by atoms with Crippen molar-refractivity contribution in [2.75, 3.05) is 6.54 Å². The number of rotatable bonds is 3. The lowest BCUT2D eigenvalue weighted by Gasteiger charge is -2.41. The number of likely N-dealkylation sites (tertiary alicyclic amines) is 1. The van der Waals surface area contributed by atoms with Gasteiger partial charge in [0, 0.05) is 41.8 Å². The standard InChI is InChI=1S/C19H16F2N2O/c20-13-3-1-12(2-4-13)18-7-8-23(18)11-15-10-19(24)16-9-14(21)5-6-17(16)22-15/h1-6,9-10,18H,7-8,11H2,(H,22,24)/t18-/m1/s1. The average molecular weight is 326 g/mol. The highest BCUT2D eigenvalue weighted by molar-refractivity contribution is 5.78. The molecule has 2 aromatic carbocycles. The van der Waals surface area contributed by atoms with Crippen LogP contribution >= 0.6 is 0 Å². The Hall–Kier alpha value is -2.53. The Morgan fingerprint density at radius 3 is 2.50 bits per heavy atom. The summed E-state index contributed by atoms with van der Waals surface area (Å²) in [6.07, 6.45) is 1.01. The number of aromatic amines is 1. The number of aromatic nitrogens is 1. The third kappa shape index (κ3) is 2.71. The number of halogens is 2. The highest BCUT2D eigenvalue weighted by Crippen LogP contribution is 2.34. The summed E-state index contributed by atoms with van der Waals surface area (Å²) in [5, 5.41) is 0.359. The molecular weight excluding hydrogens is 310 g/mol. The van der Waals surface area contributed by atoms with Gasteiger partial charge in [-0.05, 0) is 42.3 Å². The second kappa shape index (κ2) is 5.83. The highest BCUT2D eigenvalue weighted by atomic mass is 19.1. The Kier molecular flexibility index (Phi) is 3.65. The summed E-state index contributed by atoms with van der Waals surface area (Å²) >= 11 is 0. The maximum absolute atomic E-state index is 13.3. The van der Waals surface area contributed by atoms with E-state index in [0.717, 1.165) is 24.2 Å². The van der Waals surface area contributed by atoms with Gasteiger partial charge in [-0.2, -0.15) is 0 Å². The van der Waals surface area contributed by atoms with Crippen LogP contribution in [-0.2, 0) is 6.54 Å². The summed E-state index contributed by atoms with van der Waals surface area (Å²) in [6.45, 7) is 1.52. The largest absolute Gasteiger partial charge is 0.357 e. The molecule has 1 fully saturated rings. The Labute approximate surface area is 137 Å². The molecule has 0 amide bonds. The summed E-state index contributed by atoms with van der Waals surface area (Å²) in [4.78, 5) is 17.6. The number of benzene rings is 2. The lowest BCUT2D eigenvalue weighted by Crippen LogP contribution is -2.40. The monoisotopic (exact) mass is 326 g/mol. The second-order valence-electron chi connectivity index (χ2n) is 6.18. The van der Waals surface area contributed by atoms with Gasteiger partial charge in [-0.1, -0.05) is 12.1 Å². The summed E-state index contributed by atoms with van der Waals surface area (Å²) < 4.78 is 26.3. The predicted molar refractivity (Wildman–Crippen MR) is 88.7 cm³/mol. The number of nitrogens with one attached hydrogen (secondary N) is 1. The van der Waals surface area contributed by atoms with Crippen molar-refractivity contribution in [2.24, 2.45) is 0 Å². The molecule has 4 rings (SSSR count). The first-order valence-electron chi connectivity index (χ1n) is 7.91. The van der Waals surface area contributed by atoms with Crippen LogP contribution in [0.2, 0.25) is 0 Å². The van der Waals surface area contributed by atoms with Crippen molar-refractivity contribution in [2.45, 2.75) is 19.0 Å². The topological polar surface area (TPSA) is 36.1 Å². The van der Waals surface area contributed by atoms with Crippen LogP contribution in [0.1, 0.15) is 23.7 Å². The zero-order valence-electron chi connectivity index (χ0n) is 12.9. The first-order chi connectivity index (χ1) is 11.6. The normalized spacial score (nSPS) is 17.8. The molecule has 1 aromatic heterocycles. The van der Waals surface area contributed by atoms with Gasteiger partial charge in [0.15, 0.2) is 5.43 Å². The van der Waals surface area contributed by atoms with Crippen molar-refractivity contribution in [3.8, 4) is 0 Å². The molecule has 0 radical (unpaired) electrons. The Bertz CT molecular complexity index is 950. The third-order valence-electron chi connectivity index (χ3n) is 4.61. The van der Waals surface area contributed by atoms with Crippen LogP contribution in [-0.4, -0.2) is 16.4 Å².